The summed E-state index contributed by atoms with van der Waals surface area (Å²) in [5.74, 6) is 0. The number of nitrogens with one attached hydrogen (secondary N) is 1. The summed E-state index contributed by atoms with van der Waals surface area (Å²) < 4.78 is 1.73. The third-order valence-corrected chi connectivity index (χ3v) is 3.45. The lowest BCUT2D eigenvalue weighted by Gasteiger charge is -2.08. The van der Waals surface area contributed by atoms with Crippen molar-refractivity contribution in [1.29, 1.82) is 0 Å². The van der Waals surface area contributed by atoms with Gasteiger partial charge < -0.3 is 5.73 Å². The van der Waals surface area contributed by atoms with Crippen LogP contribution in [0, 0.1) is 0 Å². The Balaban J connectivity index is 2.40. The number of aromatic nitrogens is 4. The Labute approximate surface area is 120 Å². The lowest BCUT2D eigenvalue weighted by molar-refractivity contribution is 0.768. The molecular weight excluding hydrogens is 266 g/mol. The Morgan fingerprint density at radius 3 is 2.86 bits per heavy atom. The molecule has 0 aliphatic carbocycles. The highest BCUT2D eigenvalue weighted by Crippen LogP contribution is 2.27. The number of benzene rings is 1. The van der Waals surface area contributed by atoms with Crippen LogP contribution in [-0.2, 0) is 13.6 Å². The molecule has 0 fully saturated rings. The Morgan fingerprint density at radius 1 is 1.43 bits per heavy atom. The predicted octanol–water partition coefficient (Wildman–Crippen LogP) is 1.43. The quantitative estimate of drug-likeness (QED) is 0.760. The minimum Gasteiger partial charge on any atom is -0.325 e. The van der Waals surface area contributed by atoms with Gasteiger partial charge in [0, 0.05) is 30.7 Å². The highest BCUT2D eigenvalue weighted by atomic mass is 16.1. The molecule has 0 saturated heterocycles. The van der Waals surface area contributed by atoms with Gasteiger partial charge in [-0.25, -0.2) is 5.10 Å². The summed E-state index contributed by atoms with van der Waals surface area (Å²) in [7, 11) is 1.86. The fraction of sp³-hybridized carbons (Fsp3) is 0.133. The Kier molecular flexibility index (Phi) is 3.15. The molecule has 0 saturated carbocycles. The molecule has 0 aliphatic heterocycles. The van der Waals surface area contributed by atoms with Gasteiger partial charge in [-0.1, -0.05) is 12.7 Å². The summed E-state index contributed by atoms with van der Waals surface area (Å²) in [6.07, 6.45) is 5.35. The maximum Gasteiger partial charge on any atom is 0.272 e. The highest BCUT2D eigenvalue weighted by molar-refractivity contribution is 5.94. The van der Waals surface area contributed by atoms with Gasteiger partial charge in [0.05, 0.1) is 17.3 Å². The van der Waals surface area contributed by atoms with E-state index in [2.05, 4.69) is 21.9 Å². The first kappa shape index (κ1) is 13.3. The summed E-state index contributed by atoms with van der Waals surface area (Å²) >= 11 is 0. The van der Waals surface area contributed by atoms with Crippen LogP contribution < -0.4 is 11.3 Å². The smallest absolute Gasteiger partial charge is 0.272 e. The van der Waals surface area contributed by atoms with E-state index in [1.807, 2.05) is 25.4 Å². The van der Waals surface area contributed by atoms with E-state index in [0.717, 1.165) is 22.1 Å². The standard InChI is InChI=1S/C15H15N5O/c1-3-9-4-10(11-7-17-20(2)8-11)5-12-13(6-16)18-19-15(21)14(9)12/h3-5,7-8H,1,6,16H2,2H3,(H,19,21). The normalized spacial score (nSPS) is 11.0. The van der Waals surface area contributed by atoms with Crippen LogP contribution in [0.2, 0.25) is 0 Å². The van der Waals surface area contributed by atoms with Gasteiger partial charge in [-0.05, 0) is 23.3 Å². The minimum atomic E-state index is -0.241. The third-order valence-electron chi connectivity index (χ3n) is 3.45. The molecule has 0 spiro atoms. The third kappa shape index (κ3) is 2.15. The van der Waals surface area contributed by atoms with Gasteiger partial charge in [0.1, 0.15) is 0 Å². The first-order valence-corrected chi connectivity index (χ1v) is 6.51. The first-order valence-electron chi connectivity index (χ1n) is 6.51. The molecule has 21 heavy (non-hydrogen) atoms. The fourth-order valence-electron chi connectivity index (χ4n) is 2.43. The van der Waals surface area contributed by atoms with Gasteiger partial charge in [0.15, 0.2) is 0 Å². The number of fused-ring (bicyclic) bond motifs is 1. The molecule has 1 aromatic carbocycles. The molecule has 6 nitrogen and oxygen atoms in total. The van der Waals surface area contributed by atoms with E-state index in [-0.39, 0.29) is 12.1 Å². The van der Waals surface area contributed by atoms with Gasteiger partial charge in [-0.3, -0.25) is 9.48 Å². The topological polar surface area (TPSA) is 89.6 Å². The van der Waals surface area contributed by atoms with Crippen LogP contribution in [0.15, 0.2) is 35.9 Å². The van der Waals surface area contributed by atoms with Crippen LogP contribution in [0.1, 0.15) is 11.3 Å². The number of nitrogens with zero attached hydrogens (tertiary/aromatic N) is 3. The number of H-pyrrole nitrogens is 1. The number of aromatic amines is 1. The maximum atomic E-state index is 12.1. The molecule has 2 aromatic heterocycles. The highest BCUT2D eigenvalue weighted by Gasteiger charge is 2.12. The predicted molar refractivity (Wildman–Crippen MR) is 82.5 cm³/mol. The van der Waals surface area contributed by atoms with Gasteiger partial charge in [0.25, 0.3) is 5.56 Å². The van der Waals surface area contributed by atoms with Crippen LogP contribution in [0.4, 0.5) is 0 Å². The number of hydrogen-bond donors (Lipinski definition) is 2. The van der Waals surface area contributed by atoms with E-state index in [9.17, 15) is 4.79 Å². The van der Waals surface area contributed by atoms with Gasteiger partial charge >= 0.3 is 0 Å². The monoisotopic (exact) mass is 281 g/mol. The van der Waals surface area contributed by atoms with Gasteiger partial charge in [0.2, 0.25) is 0 Å². The molecule has 0 aliphatic rings. The average Bonchev–Trinajstić information content (AvgIpc) is 2.93. The minimum absolute atomic E-state index is 0.241. The lowest BCUT2D eigenvalue weighted by atomic mass is 9.98. The van der Waals surface area contributed by atoms with Crippen molar-refractivity contribution in [3.8, 4) is 11.1 Å². The van der Waals surface area contributed by atoms with Crippen molar-refractivity contribution in [2.45, 2.75) is 6.54 Å². The van der Waals surface area contributed by atoms with Crippen molar-refractivity contribution < 1.29 is 0 Å². The zero-order valence-corrected chi connectivity index (χ0v) is 11.6. The largest absolute Gasteiger partial charge is 0.325 e. The molecule has 0 bridgehead atoms. The van der Waals surface area contributed by atoms with Crippen molar-refractivity contribution in [3.05, 3.63) is 52.7 Å². The molecule has 0 radical (unpaired) electrons. The summed E-state index contributed by atoms with van der Waals surface area (Å²) in [5.41, 5.74) is 8.80. The Hall–Kier alpha value is -2.73. The molecule has 0 amide bonds. The van der Waals surface area contributed by atoms with Crippen molar-refractivity contribution in [2.75, 3.05) is 0 Å². The van der Waals surface area contributed by atoms with E-state index in [4.69, 9.17) is 5.73 Å². The van der Waals surface area contributed by atoms with Crippen LogP contribution in [-0.4, -0.2) is 20.0 Å². The fourth-order valence-corrected chi connectivity index (χ4v) is 2.43. The van der Waals surface area contributed by atoms with E-state index in [1.165, 1.54) is 0 Å². The molecule has 106 valence electrons. The van der Waals surface area contributed by atoms with E-state index >= 15 is 0 Å². The molecule has 0 unspecified atom stereocenters. The number of hydrogen-bond acceptors (Lipinski definition) is 4. The van der Waals surface area contributed by atoms with Crippen LogP contribution in [0.3, 0.4) is 0 Å². The van der Waals surface area contributed by atoms with Crippen LogP contribution >= 0.6 is 0 Å². The lowest BCUT2D eigenvalue weighted by Crippen LogP contribution is -2.14. The molecule has 0 atom stereocenters. The van der Waals surface area contributed by atoms with E-state index in [0.29, 0.717) is 11.1 Å². The van der Waals surface area contributed by atoms with Crippen LogP contribution in [0.25, 0.3) is 28.0 Å². The molecule has 3 aromatic rings. The summed E-state index contributed by atoms with van der Waals surface area (Å²) in [4.78, 5) is 12.1. The molecule has 2 heterocycles. The molecule has 6 heteroatoms. The zero-order chi connectivity index (χ0) is 15.0. The first-order chi connectivity index (χ1) is 10.1. The zero-order valence-electron chi connectivity index (χ0n) is 11.6. The van der Waals surface area contributed by atoms with Gasteiger partial charge in [-0.15, -0.1) is 0 Å². The number of aryl methyl sites for hydroxylation is 1. The second-order valence-corrected chi connectivity index (χ2v) is 4.80. The Bertz CT molecular complexity index is 891. The summed E-state index contributed by atoms with van der Waals surface area (Å²) in [6, 6.07) is 3.84. The Morgan fingerprint density at radius 2 is 2.24 bits per heavy atom. The van der Waals surface area contributed by atoms with E-state index in [1.54, 1.807) is 17.0 Å². The maximum absolute atomic E-state index is 12.1. The second kappa shape index (κ2) is 4.99. The van der Waals surface area contributed by atoms with E-state index < -0.39 is 0 Å². The molecule has 3 rings (SSSR count). The van der Waals surface area contributed by atoms with Crippen molar-refractivity contribution >= 4 is 16.8 Å². The van der Waals surface area contributed by atoms with Gasteiger partial charge in [-0.2, -0.15) is 10.2 Å². The second-order valence-electron chi connectivity index (χ2n) is 4.80. The molecular formula is C15H15N5O. The molecule has 3 N–H and O–H groups in total. The SMILES string of the molecule is C=Cc1cc(-c2cnn(C)c2)cc2c(CN)n[nH]c(=O)c12. The number of nitrogens with two attached hydrogens (primary N) is 1. The number of rotatable bonds is 3. The average molecular weight is 281 g/mol. The summed E-state index contributed by atoms with van der Waals surface area (Å²) in [6.45, 7) is 4.04. The van der Waals surface area contributed by atoms with Crippen molar-refractivity contribution in [2.24, 2.45) is 12.8 Å². The van der Waals surface area contributed by atoms with Crippen molar-refractivity contribution in [3.63, 3.8) is 0 Å². The summed E-state index contributed by atoms with van der Waals surface area (Å²) in [5, 5.41) is 12.0. The van der Waals surface area contributed by atoms with Crippen molar-refractivity contribution in [1.82, 2.24) is 20.0 Å². The van der Waals surface area contributed by atoms with Crippen LogP contribution in [0.5, 0.6) is 0 Å².